The van der Waals surface area contributed by atoms with Crippen molar-refractivity contribution in [2.45, 2.75) is 71.0 Å². The minimum atomic E-state index is -0.299. The lowest BCUT2D eigenvalue weighted by molar-refractivity contribution is -0.126. The Labute approximate surface area is 134 Å². The number of fused-ring (bicyclic) bond motifs is 1. The zero-order valence-corrected chi connectivity index (χ0v) is 14.1. The fraction of sp³-hybridized carbons (Fsp3) is 0.895. The van der Waals surface area contributed by atoms with Gasteiger partial charge in [0.2, 0.25) is 0 Å². The molecule has 0 saturated heterocycles. The van der Waals surface area contributed by atoms with E-state index in [2.05, 4.69) is 20.4 Å². The van der Waals surface area contributed by atoms with E-state index in [1.54, 1.807) is 0 Å². The predicted octanol–water partition coefficient (Wildman–Crippen LogP) is 2.89. The molecule has 0 amide bonds. The van der Waals surface area contributed by atoms with Crippen LogP contribution in [-0.4, -0.2) is 34.1 Å². The van der Waals surface area contributed by atoms with E-state index >= 15 is 0 Å². The van der Waals surface area contributed by atoms with Gasteiger partial charge in [-0.25, -0.2) is 0 Å². The third-order valence-corrected chi connectivity index (χ3v) is 7.76. The highest BCUT2D eigenvalue weighted by molar-refractivity contribution is 5.21. The van der Waals surface area contributed by atoms with Crippen molar-refractivity contribution >= 4 is 0 Å². The first kappa shape index (κ1) is 16.5. The van der Waals surface area contributed by atoms with Gasteiger partial charge in [0.15, 0.2) is 0 Å². The van der Waals surface area contributed by atoms with E-state index in [1.807, 2.05) is 0 Å². The van der Waals surface area contributed by atoms with Gasteiger partial charge in [-0.15, -0.1) is 0 Å². The van der Waals surface area contributed by atoms with E-state index in [0.29, 0.717) is 12.3 Å². The predicted molar refractivity (Wildman–Crippen MR) is 87.2 cm³/mol. The molecule has 2 unspecified atom stereocenters. The topological polar surface area (TPSA) is 60.7 Å². The Kier molecular flexibility index (Phi) is 4.20. The first-order valence-corrected chi connectivity index (χ1v) is 8.98. The molecule has 0 aromatic carbocycles. The number of aliphatic hydroxyl groups is 3. The summed E-state index contributed by atoms with van der Waals surface area (Å²) in [6.07, 6.45) is 6.00. The molecule has 0 heterocycles. The minimum Gasteiger partial charge on any atom is -0.396 e. The molecule has 3 fully saturated rings. The van der Waals surface area contributed by atoms with Crippen LogP contribution >= 0.6 is 0 Å². The minimum absolute atomic E-state index is 0.0569. The fourth-order valence-electron chi connectivity index (χ4n) is 5.90. The SMILES string of the molecule is C=C1CCC2[C@@H](O)C([C@@]3(C)CC[C@H](O)C[C@@H]3CO)CC[C@@]12C. The Bertz CT molecular complexity index is 448. The van der Waals surface area contributed by atoms with Gasteiger partial charge in [0.25, 0.3) is 0 Å². The maximum absolute atomic E-state index is 11.1. The van der Waals surface area contributed by atoms with Crippen LogP contribution in [0.15, 0.2) is 12.2 Å². The summed E-state index contributed by atoms with van der Waals surface area (Å²) < 4.78 is 0. The van der Waals surface area contributed by atoms with Gasteiger partial charge >= 0.3 is 0 Å². The van der Waals surface area contributed by atoms with Gasteiger partial charge in [-0.3, -0.25) is 0 Å². The molecule has 0 aromatic rings. The van der Waals surface area contributed by atoms with Gasteiger partial charge in [-0.2, -0.15) is 0 Å². The normalized spacial score (nSPS) is 52.6. The molecule has 3 aliphatic carbocycles. The zero-order chi connectivity index (χ0) is 16.1. The van der Waals surface area contributed by atoms with Crippen LogP contribution in [0, 0.1) is 28.6 Å². The second-order valence-electron chi connectivity index (χ2n) is 8.62. The highest BCUT2D eigenvalue weighted by Crippen LogP contribution is 2.61. The molecule has 0 radical (unpaired) electrons. The number of rotatable bonds is 2. The zero-order valence-electron chi connectivity index (χ0n) is 14.1. The van der Waals surface area contributed by atoms with Crippen molar-refractivity contribution in [2.75, 3.05) is 6.61 Å². The number of hydrogen-bond donors (Lipinski definition) is 3. The molecule has 3 nitrogen and oxygen atoms in total. The maximum Gasteiger partial charge on any atom is 0.0610 e. The lowest BCUT2D eigenvalue weighted by Gasteiger charge is -2.55. The summed E-state index contributed by atoms with van der Waals surface area (Å²) in [5.74, 6) is 0.660. The number of aliphatic hydroxyl groups excluding tert-OH is 3. The van der Waals surface area contributed by atoms with Crippen LogP contribution in [0.5, 0.6) is 0 Å². The molecule has 3 heteroatoms. The first-order chi connectivity index (χ1) is 10.3. The molecule has 3 N–H and O–H groups in total. The van der Waals surface area contributed by atoms with Gasteiger partial charge in [0, 0.05) is 6.61 Å². The van der Waals surface area contributed by atoms with Crippen molar-refractivity contribution in [3.8, 4) is 0 Å². The fourth-order valence-corrected chi connectivity index (χ4v) is 5.90. The molecule has 0 aromatic heterocycles. The molecule has 7 atom stereocenters. The number of allylic oxidation sites excluding steroid dienone is 1. The van der Waals surface area contributed by atoms with E-state index in [1.165, 1.54) is 5.57 Å². The summed E-state index contributed by atoms with van der Waals surface area (Å²) in [7, 11) is 0. The van der Waals surface area contributed by atoms with E-state index in [9.17, 15) is 15.3 Å². The van der Waals surface area contributed by atoms with Crippen molar-refractivity contribution in [1.82, 2.24) is 0 Å². The summed E-state index contributed by atoms with van der Waals surface area (Å²) >= 11 is 0. The van der Waals surface area contributed by atoms with E-state index < -0.39 is 0 Å². The van der Waals surface area contributed by atoms with Crippen LogP contribution in [0.3, 0.4) is 0 Å². The molecule has 3 saturated carbocycles. The summed E-state index contributed by atoms with van der Waals surface area (Å²) in [4.78, 5) is 0. The molecule has 0 spiro atoms. The monoisotopic (exact) mass is 308 g/mol. The second-order valence-corrected chi connectivity index (χ2v) is 8.62. The summed E-state index contributed by atoms with van der Waals surface area (Å²) in [5, 5.41) is 30.9. The van der Waals surface area contributed by atoms with E-state index in [0.717, 1.165) is 38.5 Å². The molecular formula is C19H32O3. The summed E-state index contributed by atoms with van der Waals surface area (Å²) in [5.41, 5.74) is 1.37. The standard InChI is InChI=1S/C19H32O3/c1-12-4-5-15-17(22)16(7-9-18(12,15)2)19(3)8-6-14(21)10-13(19)11-20/h13-17,20-22H,1,4-11H2,2-3H3/t13-,14+,15?,16?,17-,18+,19+/m1/s1. The third kappa shape index (κ3) is 2.28. The van der Waals surface area contributed by atoms with Crippen LogP contribution < -0.4 is 0 Å². The van der Waals surface area contributed by atoms with Gasteiger partial charge in [-0.05, 0) is 73.5 Å². The second kappa shape index (κ2) is 5.61. The molecule has 3 aliphatic rings. The highest BCUT2D eigenvalue weighted by atomic mass is 16.3. The highest BCUT2D eigenvalue weighted by Gasteiger charge is 2.56. The van der Waals surface area contributed by atoms with Crippen LogP contribution in [0.25, 0.3) is 0 Å². The summed E-state index contributed by atoms with van der Waals surface area (Å²) in [6.45, 7) is 8.89. The van der Waals surface area contributed by atoms with Crippen molar-refractivity contribution < 1.29 is 15.3 Å². The van der Waals surface area contributed by atoms with Crippen molar-refractivity contribution in [3.63, 3.8) is 0 Å². The van der Waals surface area contributed by atoms with Crippen LogP contribution in [0.1, 0.15) is 58.8 Å². The maximum atomic E-state index is 11.1. The van der Waals surface area contributed by atoms with E-state index in [-0.39, 0.29) is 41.5 Å². The Hall–Kier alpha value is -0.380. The van der Waals surface area contributed by atoms with E-state index in [4.69, 9.17) is 0 Å². The van der Waals surface area contributed by atoms with Crippen molar-refractivity contribution in [2.24, 2.45) is 28.6 Å². The van der Waals surface area contributed by atoms with Gasteiger partial charge in [-0.1, -0.05) is 26.0 Å². The first-order valence-electron chi connectivity index (χ1n) is 8.98. The molecule has 0 aliphatic heterocycles. The Morgan fingerprint density at radius 2 is 1.82 bits per heavy atom. The Morgan fingerprint density at radius 3 is 2.50 bits per heavy atom. The van der Waals surface area contributed by atoms with Crippen molar-refractivity contribution in [3.05, 3.63) is 12.2 Å². The Balaban J connectivity index is 1.85. The number of hydrogen-bond acceptors (Lipinski definition) is 3. The molecule has 0 bridgehead atoms. The quantitative estimate of drug-likeness (QED) is 0.687. The van der Waals surface area contributed by atoms with Gasteiger partial charge < -0.3 is 15.3 Å². The molecular weight excluding hydrogens is 276 g/mol. The van der Waals surface area contributed by atoms with Gasteiger partial charge in [0.1, 0.15) is 0 Å². The van der Waals surface area contributed by atoms with Crippen molar-refractivity contribution in [1.29, 1.82) is 0 Å². The lowest BCUT2D eigenvalue weighted by Crippen LogP contribution is -2.53. The van der Waals surface area contributed by atoms with Crippen LogP contribution in [0.4, 0.5) is 0 Å². The molecule has 126 valence electrons. The largest absolute Gasteiger partial charge is 0.396 e. The summed E-state index contributed by atoms with van der Waals surface area (Å²) in [6, 6.07) is 0. The Morgan fingerprint density at radius 1 is 1.09 bits per heavy atom. The third-order valence-electron chi connectivity index (χ3n) is 7.76. The smallest absolute Gasteiger partial charge is 0.0610 e. The van der Waals surface area contributed by atoms with Gasteiger partial charge in [0.05, 0.1) is 12.2 Å². The molecule has 3 rings (SSSR count). The lowest BCUT2D eigenvalue weighted by atomic mass is 9.52. The van der Waals surface area contributed by atoms with Crippen LogP contribution in [0.2, 0.25) is 0 Å². The average Bonchev–Trinajstić information content (AvgIpc) is 2.78. The molecule has 22 heavy (non-hydrogen) atoms. The average molecular weight is 308 g/mol. The van der Waals surface area contributed by atoms with Crippen LogP contribution in [-0.2, 0) is 0 Å².